The highest BCUT2D eigenvalue weighted by atomic mass is 19.4. The molecule has 1 saturated heterocycles. The monoisotopic (exact) mass is 480 g/mol. The molecule has 176 valence electrons. The Kier molecular flexibility index (Phi) is 4.75. The summed E-state index contributed by atoms with van der Waals surface area (Å²) in [4.78, 5) is 4.35. The van der Waals surface area contributed by atoms with Gasteiger partial charge in [0, 0.05) is 18.2 Å². The summed E-state index contributed by atoms with van der Waals surface area (Å²) in [5.74, 6) is 0.0805. The maximum atomic E-state index is 14.1. The van der Waals surface area contributed by atoms with E-state index in [4.69, 9.17) is 9.15 Å². The summed E-state index contributed by atoms with van der Waals surface area (Å²) >= 11 is 0. The number of fused-ring (bicyclic) bond motifs is 1. The van der Waals surface area contributed by atoms with Crippen LogP contribution in [0.15, 0.2) is 65.3 Å². The summed E-state index contributed by atoms with van der Waals surface area (Å²) in [7, 11) is 1.75. The predicted molar refractivity (Wildman–Crippen MR) is 119 cm³/mol. The molecule has 6 nitrogen and oxygen atoms in total. The van der Waals surface area contributed by atoms with Crippen LogP contribution < -0.4 is 0 Å². The highest BCUT2D eigenvalue weighted by Crippen LogP contribution is 2.41. The number of ether oxygens (including phenoxy) is 1. The van der Waals surface area contributed by atoms with E-state index in [1.807, 2.05) is 6.07 Å². The molecule has 1 aliphatic rings. The molecule has 0 spiro atoms. The molecule has 1 aliphatic heterocycles. The quantitative estimate of drug-likeness (QED) is 0.227. The van der Waals surface area contributed by atoms with Crippen LogP contribution in [-0.4, -0.2) is 26.4 Å². The molecule has 3 heterocycles. The Balaban J connectivity index is 1.48. The predicted octanol–water partition coefficient (Wildman–Crippen LogP) is 6.19. The maximum Gasteiger partial charge on any atom is 0.420 e. The van der Waals surface area contributed by atoms with Crippen molar-refractivity contribution in [1.82, 2.24) is 19.7 Å². The molecule has 35 heavy (non-hydrogen) atoms. The van der Waals surface area contributed by atoms with Crippen LogP contribution in [0.25, 0.3) is 45.1 Å². The fraction of sp³-hybridized carbons (Fsp3) is 0.160. The summed E-state index contributed by atoms with van der Waals surface area (Å²) in [5.41, 5.74) is 1.65. The van der Waals surface area contributed by atoms with Gasteiger partial charge in [0.15, 0.2) is 11.4 Å². The second-order valence-corrected chi connectivity index (χ2v) is 8.29. The molecule has 1 atom stereocenters. The van der Waals surface area contributed by atoms with Gasteiger partial charge >= 0.3 is 6.18 Å². The van der Waals surface area contributed by atoms with Crippen LogP contribution >= 0.6 is 0 Å². The molecule has 5 aromatic rings. The van der Waals surface area contributed by atoms with Crippen molar-refractivity contribution in [3.05, 3.63) is 77.9 Å². The number of oxazole rings is 1. The average molecular weight is 480 g/mol. The minimum atomic E-state index is -4.61. The minimum Gasteiger partial charge on any atom is -0.435 e. The molecule has 0 radical (unpaired) electrons. The van der Waals surface area contributed by atoms with Crippen molar-refractivity contribution in [2.24, 2.45) is 7.05 Å². The van der Waals surface area contributed by atoms with Crippen molar-refractivity contribution in [1.29, 1.82) is 0 Å². The zero-order chi connectivity index (χ0) is 24.3. The van der Waals surface area contributed by atoms with Gasteiger partial charge in [0.1, 0.15) is 29.3 Å². The van der Waals surface area contributed by atoms with Crippen molar-refractivity contribution in [3.8, 4) is 34.0 Å². The summed E-state index contributed by atoms with van der Waals surface area (Å²) in [6, 6.07) is 13.9. The molecule has 0 bridgehead atoms. The molecule has 10 heteroatoms. The van der Waals surface area contributed by atoms with Crippen molar-refractivity contribution in [3.63, 3.8) is 0 Å². The number of hydrogen-bond donors (Lipinski definition) is 0. The van der Waals surface area contributed by atoms with Crippen LogP contribution in [-0.2, 0) is 18.0 Å². The number of aromatic nitrogens is 4. The third-order valence-corrected chi connectivity index (χ3v) is 5.88. The SMILES string of the molecule is Cn1cnnc1-c1cc(F)ccc1-c1cccc(-c2nc3cc(C4CO4)cc(C(F)(F)F)c3o2)c1. The van der Waals surface area contributed by atoms with Crippen LogP contribution in [0.1, 0.15) is 17.2 Å². The zero-order valence-corrected chi connectivity index (χ0v) is 18.2. The number of epoxide rings is 1. The highest BCUT2D eigenvalue weighted by molar-refractivity contribution is 5.84. The molecule has 2 aromatic heterocycles. The fourth-order valence-corrected chi connectivity index (χ4v) is 4.11. The Morgan fingerprint density at radius 1 is 1.00 bits per heavy atom. The Hall–Kier alpha value is -4.05. The molecule has 1 fully saturated rings. The van der Waals surface area contributed by atoms with Gasteiger partial charge in [-0.1, -0.05) is 18.2 Å². The highest BCUT2D eigenvalue weighted by Gasteiger charge is 2.37. The minimum absolute atomic E-state index is 0.0449. The number of alkyl halides is 3. The number of hydrogen-bond acceptors (Lipinski definition) is 5. The summed E-state index contributed by atoms with van der Waals surface area (Å²) in [5, 5.41) is 7.95. The average Bonchev–Trinajstić information content (AvgIpc) is 3.45. The number of nitrogens with zero attached hydrogens (tertiary/aromatic N) is 4. The first-order chi connectivity index (χ1) is 16.8. The summed E-state index contributed by atoms with van der Waals surface area (Å²) in [6.45, 7) is 0.376. The molecule has 0 saturated carbocycles. The lowest BCUT2D eigenvalue weighted by Crippen LogP contribution is -2.06. The van der Waals surface area contributed by atoms with Gasteiger partial charge in [0.05, 0.1) is 6.61 Å². The van der Waals surface area contributed by atoms with Crippen LogP contribution in [0.3, 0.4) is 0 Å². The maximum absolute atomic E-state index is 14.1. The van der Waals surface area contributed by atoms with Gasteiger partial charge in [-0.25, -0.2) is 9.37 Å². The third kappa shape index (κ3) is 3.85. The molecule has 1 unspecified atom stereocenters. The van der Waals surface area contributed by atoms with Crippen molar-refractivity contribution < 1.29 is 26.7 Å². The van der Waals surface area contributed by atoms with Gasteiger partial charge in [-0.2, -0.15) is 13.2 Å². The van der Waals surface area contributed by atoms with Gasteiger partial charge in [0.25, 0.3) is 0 Å². The molecule has 0 aliphatic carbocycles. The van der Waals surface area contributed by atoms with Crippen molar-refractivity contribution >= 4 is 11.1 Å². The molecular weight excluding hydrogens is 464 g/mol. The van der Waals surface area contributed by atoms with E-state index >= 15 is 0 Å². The lowest BCUT2D eigenvalue weighted by molar-refractivity contribution is -0.136. The summed E-state index contributed by atoms with van der Waals surface area (Å²) < 4.78 is 67.8. The Morgan fingerprint density at radius 2 is 1.80 bits per heavy atom. The van der Waals surface area contributed by atoms with Gasteiger partial charge in [-0.15, -0.1) is 10.2 Å². The van der Waals surface area contributed by atoms with Crippen LogP contribution in [0.4, 0.5) is 17.6 Å². The second kappa shape index (κ2) is 7.74. The van der Waals surface area contributed by atoms with E-state index in [9.17, 15) is 17.6 Å². The first-order valence-electron chi connectivity index (χ1n) is 10.7. The number of halogens is 4. The van der Waals surface area contributed by atoms with Crippen molar-refractivity contribution in [2.45, 2.75) is 12.3 Å². The van der Waals surface area contributed by atoms with Crippen molar-refractivity contribution in [2.75, 3.05) is 6.61 Å². The second-order valence-electron chi connectivity index (χ2n) is 8.29. The zero-order valence-electron chi connectivity index (χ0n) is 18.2. The third-order valence-electron chi connectivity index (χ3n) is 5.88. The Morgan fingerprint density at radius 3 is 2.51 bits per heavy atom. The lowest BCUT2D eigenvalue weighted by atomic mass is 9.97. The smallest absolute Gasteiger partial charge is 0.420 e. The van der Waals surface area contributed by atoms with Gasteiger partial charge in [-0.05, 0) is 53.1 Å². The molecular formula is C25H16F4N4O2. The number of rotatable bonds is 4. The lowest BCUT2D eigenvalue weighted by Gasteiger charge is -2.10. The molecule has 0 amide bonds. The normalized spacial score (nSPS) is 15.6. The van der Waals surface area contributed by atoms with Gasteiger partial charge < -0.3 is 13.7 Å². The largest absolute Gasteiger partial charge is 0.435 e. The van der Waals surface area contributed by atoms with E-state index < -0.39 is 17.6 Å². The molecule has 3 aromatic carbocycles. The molecule has 0 N–H and O–H groups in total. The first kappa shape index (κ1) is 21.5. The van der Waals surface area contributed by atoms with E-state index in [0.29, 0.717) is 40.2 Å². The Bertz CT molecular complexity index is 1580. The van der Waals surface area contributed by atoms with E-state index in [0.717, 1.165) is 6.07 Å². The molecule has 6 rings (SSSR count). The van der Waals surface area contributed by atoms with E-state index in [2.05, 4.69) is 15.2 Å². The van der Waals surface area contributed by atoms with E-state index in [1.54, 1.807) is 41.9 Å². The number of aryl methyl sites for hydroxylation is 1. The Labute approximate surface area is 195 Å². The van der Waals surface area contributed by atoms with E-state index in [-0.39, 0.29) is 23.1 Å². The number of benzene rings is 3. The van der Waals surface area contributed by atoms with Gasteiger partial charge in [-0.3, -0.25) is 0 Å². The van der Waals surface area contributed by atoms with Crippen LogP contribution in [0.2, 0.25) is 0 Å². The van der Waals surface area contributed by atoms with E-state index in [1.165, 1.54) is 18.5 Å². The van der Waals surface area contributed by atoms with Crippen LogP contribution in [0.5, 0.6) is 0 Å². The van der Waals surface area contributed by atoms with Crippen LogP contribution in [0, 0.1) is 5.82 Å². The first-order valence-corrected chi connectivity index (χ1v) is 10.7. The topological polar surface area (TPSA) is 69.3 Å². The van der Waals surface area contributed by atoms with Gasteiger partial charge in [0.2, 0.25) is 5.89 Å². The summed E-state index contributed by atoms with van der Waals surface area (Å²) in [6.07, 6.45) is -3.46. The standard InChI is InChI=1S/C25H16F4N4O2/c1-33-12-30-32-23(33)18-10-16(26)5-6-17(18)13-3-2-4-14(7-13)24-31-20-9-15(21-11-34-21)8-19(22(20)35-24)25(27,28)29/h2-10,12,21H,11H2,1H3. The fourth-order valence-electron chi connectivity index (χ4n) is 4.11.